The van der Waals surface area contributed by atoms with Gasteiger partial charge in [-0.2, -0.15) is 0 Å². The Labute approximate surface area is 164 Å². The topological polar surface area (TPSA) is 59.9 Å². The number of nitrogens with zero attached hydrogens (tertiary/aromatic N) is 2. The van der Waals surface area contributed by atoms with Gasteiger partial charge in [0.05, 0.1) is 17.9 Å². The molecule has 2 heterocycles. The average molecular weight is 403 g/mol. The number of benzene rings is 2. The van der Waals surface area contributed by atoms with Crippen molar-refractivity contribution in [1.82, 2.24) is 14.8 Å². The van der Waals surface area contributed by atoms with Crippen molar-refractivity contribution in [2.24, 2.45) is 0 Å². The van der Waals surface area contributed by atoms with E-state index < -0.39 is 0 Å². The van der Waals surface area contributed by atoms with Crippen LogP contribution in [-0.4, -0.2) is 27.5 Å². The Morgan fingerprint density at radius 1 is 1.11 bits per heavy atom. The van der Waals surface area contributed by atoms with Crippen molar-refractivity contribution in [1.29, 1.82) is 0 Å². The van der Waals surface area contributed by atoms with Crippen molar-refractivity contribution >= 4 is 11.8 Å². The largest absolute Gasteiger partial charge is 0.376 e. The van der Waals surface area contributed by atoms with Crippen molar-refractivity contribution in [3.05, 3.63) is 81.8 Å². The summed E-state index contributed by atoms with van der Waals surface area (Å²) in [6.07, 6.45) is 1.87. The predicted octanol–water partition coefficient (Wildman–Crippen LogP) is 3.91. The van der Waals surface area contributed by atoms with Crippen molar-refractivity contribution in [2.45, 2.75) is 35.9 Å². The summed E-state index contributed by atoms with van der Waals surface area (Å²) < 4.78 is 34.0. The molecule has 1 N–H and O–H groups in total. The monoisotopic (exact) mass is 403 g/mol. The Balaban J connectivity index is 1.67. The van der Waals surface area contributed by atoms with Crippen LogP contribution < -0.4 is 5.69 Å². The summed E-state index contributed by atoms with van der Waals surface area (Å²) in [6.45, 7) is 1.13. The molecule has 8 heteroatoms. The summed E-state index contributed by atoms with van der Waals surface area (Å²) in [5.74, 6) is -0.664. The van der Waals surface area contributed by atoms with E-state index in [1.54, 1.807) is 28.8 Å². The summed E-state index contributed by atoms with van der Waals surface area (Å²) in [5, 5.41) is 6.90. The Bertz CT molecular complexity index is 934. The van der Waals surface area contributed by atoms with E-state index in [1.807, 2.05) is 0 Å². The molecule has 1 atom stereocenters. The molecule has 1 aromatic heterocycles. The van der Waals surface area contributed by atoms with Crippen LogP contribution in [0.2, 0.25) is 0 Å². The summed E-state index contributed by atoms with van der Waals surface area (Å²) in [6, 6.07) is 12.3. The molecule has 0 aliphatic carbocycles. The maximum Gasteiger partial charge on any atom is 0.344 e. The lowest BCUT2D eigenvalue weighted by atomic mass is 10.0. The Morgan fingerprint density at radius 3 is 2.25 bits per heavy atom. The zero-order valence-electron chi connectivity index (χ0n) is 15.0. The fourth-order valence-corrected chi connectivity index (χ4v) is 4.44. The van der Waals surface area contributed by atoms with Gasteiger partial charge >= 0.3 is 5.69 Å². The zero-order valence-corrected chi connectivity index (χ0v) is 15.8. The van der Waals surface area contributed by atoms with Gasteiger partial charge in [-0.1, -0.05) is 36.0 Å². The molecule has 0 amide bonds. The molecule has 4 rings (SSSR count). The lowest BCUT2D eigenvalue weighted by molar-refractivity contribution is 0.0941. The van der Waals surface area contributed by atoms with Gasteiger partial charge in [0, 0.05) is 6.61 Å². The molecular weight excluding hydrogens is 384 g/mol. The Hall–Kier alpha value is -2.45. The van der Waals surface area contributed by atoms with Crippen molar-refractivity contribution in [3.63, 3.8) is 0 Å². The smallest absolute Gasteiger partial charge is 0.344 e. The van der Waals surface area contributed by atoms with E-state index in [-0.39, 0.29) is 28.7 Å². The van der Waals surface area contributed by atoms with Gasteiger partial charge in [-0.05, 0) is 48.2 Å². The summed E-state index contributed by atoms with van der Waals surface area (Å²) in [4.78, 5) is 12.2. The second-order valence-electron chi connectivity index (χ2n) is 6.66. The van der Waals surface area contributed by atoms with Gasteiger partial charge in [-0.3, -0.25) is 4.57 Å². The predicted molar refractivity (Wildman–Crippen MR) is 102 cm³/mol. The third-order valence-electron chi connectivity index (χ3n) is 4.70. The maximum atomic E-state index is 13.4. The van der Waals surface area contributed by atoms with E-state index in [9.17, 15) is 13.6 Å². The number of hydrogen-bond donors (Lipinski definition) is 1. The zero-order chi connectivity index (χ0) is 19.5. The number of nitrogens with one attached hydrogen (secondary N) is 1. The molecular formula is C20H19F2N3O2S. The third-order valence-corrected chi connectivity index (χ3v) is 6.00. The number of aromatic nitrogens is 3. The van der Waals surface area contributed by atoms with Gasteiger partial charge in [0.2, 0.25) is 0 Å². The van der Waals surface area contributed by atoms with E-state index in [4.69, 9.17) is 4.74 Å². The van der Waals surface area contributed by atoms with E-state index >= 15 is 0 Å². The molecule has 28 heavy (non-hydrogen) atoms. The minimum atomic E-state index is -0.332. The summed E-state index contributed by atoms with van der Waals surface area (Å²) in [5.41, 5.74) is 1.37. The molecule has 5 nitrogen and oxygen atoms in total. The number of aromatic amines is 1. The lowest BCUT2D eigenvalue weighted by Crippen LogP contribution is -2.25. The number of thioether (sulfide) groups is 1. The van der Waals surface area contributed by atoms with Gasteiger partial charge in [0.15, 0.2) is 5.16 Å². The molecule has 146 valence electrons. The maximum absolute atomic E-state index is 13.4. The van der Waals surface area contributed by atoms with Crippen LogP contribution in [0.25, 0.3) is 0 Å². The van der Waals surface area contributed by atoms with Crippen molar-refractivity contribution < 1.29 is 13.5 Å². The van der Waals surface area contributed by atoms with Crippen LogP contribution >= 0.6 is 11.8 Å². The SMILES string of the molecule is O=c1[nH]nc(SC(c2ccc(F)cc2)c2ccc(F)cc2)n1CC1CCCO1. The molecule has 1 unspecified atom stereocenters. The summed E-state index contributed by atoms with van der Waals surface area (Å²) >= 11 is 1.36. The average Bonchev–Trinajstić information content (AvgIpc) is 3.33. The second kappa shape index (κ2) is 8.28. The fraction of sp³-hybridized carbons (Fsp3) is 0.300. The van der Waals surface area contributed by atoms with Crippen molar-refractivity contribution in [2.75, 3.05) is 6.61 Å². The first kappa shape index (κ1) is 18.9. The van der Waals surface area contributed by atoms with Gasteiger partial charge in [0.1, 0.15) is 11.6 Å². The molecule has 1 aliphatic rings. The minimum Gasteiger partial charge on any atom is -0.376 e. The van der Waals surface area contributed by atoms with Crippen LogP contribution in [0.3, 0.4) is 0 Å². The fourth-order valence-electron chi connectivity index (χ4n) is 3.26. The van der Waals surface area contributed by atoms with Crippen LogP contribution in [0.5, 0.6) is 0 Å². The Morgan fingerprint density at radius 2 is 1.71 bits per heavy atom. The molecule has 3 aromatic rings. The first-order valence-corrected chi connectivity index (χ1v) is 9.92. The second-order valence-corrected chi connectivity index (χ2v) is 7.73. The Kier molecular flexibility index (Phi) is 5.59. The molecule has 0 spiro atoms. The number of ether oxygens (including phenoxy) is 1. The molecule has 1 fully saturated rings. The van der Waals surface area contributed by atoms with Gasteiger partial charge in [-0.25, -0.2) is 18.7 Å². The highest BCUT2D eigenvalue weighted by atomic mass is 32.2. The normalized spacial score (nSPS) is 16.8. The van der Waals surface area contributed by atoms with E-state index in [2.05, 4.69) is 10.2 Å². The van der Waals surface area contributed by atoms with Crippen molar-refractivity contribution in [3.8, 4) is 0 Å². The molecule has 2 aromatic carbocycles. The highest BCUT2D eigenvalue weighted by Gasteiger charge is 2.23. The molecule has 0 radical (unpaired) electrons. The highest BCUT2D eigenvalue weighted by molar-refractivity contribution is 7.99. The number of H-pyrrole nitrogens is 1. The van der Waals surface area contributed by atoms with Crippen LogP contribution in [0, 0.1) is 11.6 Å². The molecule has 0 bridgehead atoms. The number of halogens is 2. The molecule has 0 saturated carbocycles. The number of rotatable bonds is 6. The van der Waals surface area contributed by atoms with Crippen LogP contribution in [0.15, 0.2) is 58.5 Å². The minimum absolute atomic E-state index is 0.00950. The highest BCUT2D eigenvalue weighted by Crippen LogP contribution is 2.39. The summed E-state index contributed by atoms with van der Waals surface area (Å²) in [7, 11) is 0. The van der Waals surface area contributed by atoms with Crippen LogP contribution in [-0.2, 0) is 11.3 Å². The van der Waals surface area contributed by atoms with Gasteiger partial charge in [0.25, 0.3) is 0 Å². The first-order chi connectivity index (χ1) is 13.6. The first-order valence-electron chi connectivity index (χ1n) is 9.04. The molecule has 1 saturated heterocycles. The lowest BCUT2D eigenvalue weighted by Gasteiger charge is -2.18. The van der Waals surface area contributed by atoms with E-state index in [1.165, 1.54) is 36.0 Å². The third kappa shape index (κ3) is 4.18. The number of hydrogen-bond acceptors (Lipinski definition) is 4. The van der Waals surface area contributed by atoms with E-state index in [0.717, 1.165) is 24.0 Å². The standard InChI is InChI=1S/C20H19F2N3O2S/c21-15-7-3-13(4-8-15)18(14-5-9-16(22)10-6-14)28-20-24-23-19(26)25(20)12-17-2-1-11-27-17/h3-10,17-18H,1-2,11-12H2,(H,23,26). The molecule has 1 aliphatic heterocycles. The van der Waals surface area contributed by atoms with Crippen LogP contribution in [0.1, 0.15) is 29.2 Å². The van der Waals surface area contributed by atoms with Gasteiger partial charge < -0.3 is 4.74 Å². The van der Waals surface area contributed by atoms with Gasteiger partial charge in [-0.15, -0.1) is 5.10 Å². The quantitative estimate of drug-likeness (QED) is 0.634. The van der Waals surface area contributed by atoms with Crippen LogP contribution in [0.4, 0.5) is 8.78 Å². The van der Waals surface area contributed by atoms with E-state index in [0.29, 0.717) is 18.3 Å².